The number of aromatic nitrogens is 2. The minimum atomic E-state index is 0.0722. The van der Waals surface area contributed by atoms with Gasteiger partial charge >= 0.3 is 0 Å². The van der Waals surface area contributed by atoms with Gasteiger partial charge < -0.3 is 9.72 Å². The lowest BCUT2D eigenvalue weighted by atomic mass is 10.0. The van der Waals surface area contributed by atoms with Crippen molar-refractivity contribution in [2.24, 2.45) is 0 Å². The predicted octanol–water partition coefficient (Wildman–Crippen LogP) is 2.83. The normalized spacial score (nSPS) is 17.4. The van der Waals surface area contributed by atoms with Crippen LogP contribution in [0.1, 0.15) is 52.5 Å². The second kappa shape index (κ2) is 6.30. The number of nitrogens with one attached hydrogen (secondary N) is 1. The lowest BCUT2D eigenvalue weighted by molar-refractivity contribution is 0.239. The number of hydrogen-bond donors (Lipinski definition) is 1. The number of rotatable bonds is 4. The third kappa shape index (κ3) is 3.21. The van der Waals surface area contributed by atoms with Crippen molar-refractivity contribution in [3.05, 3.63) is 56.3 Å². The van der Waals surface area contributed by atoms with Gasteiger partial charge in [0.05, 0.1) is 12.8 Å². The zero-order valence-electron chi connectivity index (χ0n) is 15.2. The Morgan fingerprint density at radius 1 is 1.28 bits per heavy atom. The molecule has 0 amide bonds. The Bertz CT molecular complexity index is 868. The Morgan fingerprint density at radius 3 is 2.80 bits per heavy atom. The van der Waals surface area contributed by atoms with E-state index >= 15 is 0 Å². The average molecular weight is 339 g/mol. The molecule has 0 saturated heterocycles. The summed E-state index contributed by atoms with van der Waals surface area (Å²) in [5, 5.41) is 0. The zero-order valence-corrected chi connectivity index (χ0v) is 15.2. The van der Waals surface area contributed by atoms with Crippen LogP contribution in [-0.4, -0.2) is 28.5 Å². The Balaban J connectivity index is 1.56. The molecule has 1 saturated carbocycles. The van der Waals surface area contributed by atoms with Gasteiger partial charge in [-0.15, -0.1) is 0 Å². The number of aryl methyl sites for hydroxylation is 2. The van der Waals surface area contributed by atoms with E-state index in [9.17, 15) is 4.79 Å². The van der Waals surface area contributed by atoms with Crippen LogP contribution in [-0.2, 0) is 19.5 Å². The number of benzene rings is 1. The Labute approximate surface area is 148 Å². The van der Waals surface area contributed by atoms with E-state index in [0.717, 1.165) is 67.3 Å². The number of H-pyrrole nitrogens is 1. The smallest absolute Gasteiger partial charge is 0.254 e. The number of hydrogen-bond acceptors (Lipinski definition) is 4. The molecule has 2 aliphatic rings. The summed E-state index contributed by atoms with van der Waals surface area (Å²) in [5.41, 5.74) is 5.64. The first-order valence-corrected chi connectivity index (χ1v) is 9.03. The number of nitrogens with zero attached hydrogens (tertiary/aromatic N) is 2. The topological polar surface area (TPSA) is 58.2 Å². The van der Waals surface area contributed by atoms with Crippen molar-refractivity contribution in [2.45, 2.75) is 52.1 Å². The molecular formula is C20H25N3O2. The van der Waals surface area contributed by atoms with Gasteiger partial charge in [-0.05, 0) is 55.9 Å². The molecule has 0 unspecified atom stereocenters. The highest BCUT2D eigenvalue weighted by Gasteiger charge is 2.29. The van der Waals surface area contributed by atoms with Crippen LogP contribution in [0, 0.1) is 13.8 Å². The lowest BCUT2D eigenvalue weighted by Crippen LogP contribution is -2.35. The molecule has 5 heteroatoms. The molecular weight excluding hydrogens is 314 g/mol. The first kappa shape index (κ1) is 16.3. The molecule has 5 nitrogen and oxygen atoms in total. The molecule has 0 spiro atoms. The van der Waals surface area contributed by atoms with Gasteiger partial charge in [0.2, 0.25) is 0 Å². The number of fused-ring (bicyclic) bond motifs is 1. The molecule has 0 bridgehead atoms. The molecule has 1 aromatic carbocycles. The molecule has 132 valence electrons. The number of aromatic amines is 1. The van der Waals surface area contributed by atoms with Crippen LogP contribution in [0.5, 0.6) is 5.75 Å². The van der Waals surface area contributed by atoms with Crippen LogP contribution in [0.3, 0.4) is 0 Å². The van der Waals surface area contributed by atoms with E-state index in [1.807, 2.05) is 0 Å². The molecule has 2 heterocycles. The van der Waals surface area contributed by atoms with Crippen molar-refractivity contribution in [1.29, 1.82) is 0 Å². The summed E-state index contributed by atoms with van der Waals surface area (Å²) < 4.78 is 5.41. The third-order valence-electron chi connectivity index (χ3n) is 5.38. The molecule has 1 fully saturated rings. The quantitative estimate of drug-likeness (QED) is 0.930. The van der Waals surface area contributed by atoms with Crippen LogP contribution < -0.4 is 10.3 Å². The summed E-state index contributed by atoms with van der Waals surface area (Å²) >= 11 is 0. The van der Waals surface area contributed by atoms with Gasteiger partial charge in [-0.25, -0.2) is 4.98 Å². The van der Waals surface area contributed by atoms with Crippen molar-refractivity contribution >= 4 is 0 Å². The van der Waals surface area contributed by atoms with E-state index in [-0.39, 0.29) is 5.56 Å². The standard InChI is InChI=1S/C20H25N3O2/c1-12-9-18(25-3)13(2)8-15(12)10-23-7-6-16-17(11-23)21-19(14-4-5-14)22-20(16)24/h8-9,14H,4-7,10-11H2,1-3H3,(H,21,22,24). The maximum atomic E-state index is 12.3. The van der Waals surface area contributed by atoms with Gasteiger partial charge in [-0.3, -0.25) is 9.69 Å². The second-order valence-corrected chi connectivity index (χ2v) is 7.36. The van der Waals surface area contributed by atoms with Gasteiger partial charge in [-0.2, -0.15) is 0 Å². The number of ether oxygens (including phenoxy) is 1. The van der Waals surface area contributed by atoms with Gasteiger partial charge in [0.25, 0.3) is 5.56 Å². The first-order valence-electron chi connectivity index (χ1n) is 9.03. The van der Waals surface area contributed by atoms with Crippen molar-refractivity contribution in [3.63, 3.8) is 0 Å². The molecule has 0 atom stereocenters. The molecule has 0 radical (unpaired) electrons. The van der Waals surface area contributed by atoms with E-state index in [0.29, 0.717) is 5.92 Å². The maximum absolute atomic E-state index is 12.3. The molecule has 1 aliphatic carbocycles. The average Bonchev–Trinajstić information content (AvgIpc) is 3.42. The van der Waals surface area contributed by atoms with Gasteiger partial charge in [0.1, 0.15) is 11.6 Å². The minimum absolute atomic E-state index is 0.0722. The molecule has 2 aromatic rings. The maximum Gasteiger partial charge on any atom is 0.254 e. The zero-order chi connectivity index (χ0) is 17.6. The lowest BCUT2D eigenvalue weighted by Gasteiger charge is -2.28. The fourth-order valence-corrected chi connectivity index (χ4v) is 3.68. The summed E-state index contributed by atoms with van der Waals surface area (Å²) in [6, 6.07) is 4.32. The van der Waals surface area contributed by atoms with Crippen molar-refractivity contribution in [1.82, 2.24) is 14.9 Å². The number of methoxy groups -OCH3 is 1. The van der Waals surface area contributed by atoms with Crippen LogP contribution >= 0.6 is 0 Å². The summed E-state index contributed by atoms with van der Waals surface area (Å²) in [4.78, 5) is 22.5. The van der Waals surface area contributed by atoms with E-state index in [2.05, 4.69) is 35.9 Å². The third-order valence-corrected chi connectivity index (χ3v) is 5.38. The van der Waals surface area contributed by atoms with E-state index in [1.54, 1.807) is 7.11 Å². The largest absolute Gasteiger partial charge is 0.496 e. The predicted molar refractivity (Wildman–Crippen MR) is 97.1 cm³/mol. The summed E-state index contributed by atoms with van der Waals surface area (Å²) in [5.74, 6) is 2.30. The highest BCUT2D eigenvalue weighted by molar-refractivity contribution is 5.41. The minimum Gasteiger partial charge on any atom is -0.496 e. The highest BCUT2D eigenvalue weighted by Crippen LogP contribution is 2.38. The van der Waals surface area contributed by atoms with Crippen molar-refractivity contribution in [3.8, 4) is 5.75 Å². The van der Waals surface area contributed by atoms with Crippen LogP contribution in [0.2, 0.25) is 0 Å². The van der Waals surface area contributed by atoms with Crippen molar-refractivity contribution in [2.75, 3.05) is 13.7 Å². The van der Waals surface area contributed by atoms with Gasteiger partial charge in [0, 0.05) is 31.1 Å². The first-order chi connectivity index (χ1) is 12.0. The fraction of sp³-hybridized carbons (Fsp3) is 0.500. The summed E-state index contributed by atoms with van der Waals surface area (Å²) in [6.07, 6.45) is 3.07. The molecule has 25 heavy (non-hydrogen) atoms. The monoisotopic (exact) mass is 339 g/mol. The summed E-state index contributed by atoms with van der Waals surface area (Å²) in [6.45, 7) is 6.73. The Kier molecular flexibility index (Phi) is 4.12. The van der Waals surface area contributed by atoms with Crippen molar-refractivity contribution < 1.29 is 4.74 Å². The van der Waals surface area contributed by atoms with Crippen LogP contribution in [0.4, 0.5) is 0 Å². The van der Waals surface area contributed by atoms with Gasteiger partial charge in [0.15, 0.2) is 0 Å². The SMILES string of the molecule is COc1cc(C)c(CN2CCc3c(nc(C4CC4)[nH]c3=O)C2)cc1C. The molecule has 4 rings (SSSR count). The van der Waals surface area contributed by atoms with E-state index in [1.165, 1.54) is 11.1 Å². The van der Waals surface area contributed by atoms with Crippen LogP contribution in [0.15, 0.2) is 16.9 Å². The van der Waals surface area contributed by atoms with E-state index < -0.39 is 0 Å². The fourth-order valence-electron chi connectivity index (χ4n) is 3.68. The Hall–Kier alpha value is -2.14. The highest BCUT2D eigenvalue weighted by atomic mass is 16.5. The second-order valence-electron chi connectivity index (χ2n) is 7.36. The molecule has 1 aromatic heterocycles. The van der Waals surface area contributed by atoms with Crippen LogP contribution in [0.25, 0.3) is 0 Å². The van der Waals surface area contributed by atoms with Gasteiger partial charge in [-0.1, -0.05) is 6.07 Å². The summed E-state index contributed by atoms with van der Waals surface area (Å²) in [7, 11) is 1.71. The molecule has 1 N–H and O–H groups in total. The Morgan fingerprint density at radius 2 is 2.08 bits per heavy atom. The van der Waals surface area contributed by atoms with E-state index in [4.69, 9.17) is 9.72 Å². The molecule has 1 aliphatic heterocycles.